The van der Waals surface area contributed by atoms with Gasteiger partial charge in [0.2, 0.25) is 5.91 Å². The number of hydrogen-bond acceptors (Lipinski definition) is 3. The van der Waals surface area contributed by atoms with Crippen molar-refractivity contribution in [2.45, 2.75) is 102 Å². The molecule has 0 saturated carbocycles. The van der Waals surface area contributed by atoms with E-state index in [0.717, 1.165) is 45.1 Å². The normalized spacial score (nSPS) is 25.3. The lowest BCUT2D eigenvalue weighted by atomic mass is 9.98. The Bertz CT molecular complexity index is 690. The van der Waals surface area contributed by atoms with E-state index >= 15 is 0 Å². The molecule has 4 heteroatoms. The Morgan fingerprint density at radius 1 is 0.765 bits per heavy atom. The number of allylic oxidation sites excluding steroid dienone is 1. The third-order valence-electron chi connectivity index (χ3n) is 7.49. The zero-order chi connectivity index (χ0) is 23.7. The molecule has 3 rings (SSSR count). The molecule has 190 valence electrons. The molecule has 1 amide bonds. The highest BCUT2D eigenvalue weighted by atomic mass is 16.1. The third kappa shape index (κ3) is 11.2. The number of carbonyl (C=O) groups is 1. The van der Waals surface area contributed by atoms with Gasteiger partial charge in [-0.1, -0.05) is 68.2 Å². The molecule has 0 aliphatic carbocycles. The van der Waals surface area contributed by atoms with Gasteiger partial charge in [-0.2, -0.15) is 0 Å². The summed E-state index contributed by atoms with van der Waals surface area (Å²) in [6.07, 6.45) is 21.7. The van der Waals surface area contributed by atoms with Gasteiger partial charge < -0.3 is 10.2 Å². The third-order valence-corrected chi connectivity index (χ3v) is 7.49. The second-order valence-corrected chi connectivity index (χ2v) is 10.4. The quantitative estimate of drug-likeness (QED) is 0.517. The molecule has 4 nitrogen and oxygen atoms in total. The molecule has 34 heavy (non-hydrogen) atoms. The Balaban J connectivity index is 1.52. The summed E-state index contributed by atoms with van der Waals surface area (Å²) in [5.41, 5.74) is 1.39. The van der Waals surface area contributed by atoms with Crippen LogP contribution in [-0.2, 0) is 11.3 Å². The van der Waals surface area contributed by atoms with Crippen molar-refractivity contribution < 1.29 is 4.79 Å². The molecule has 1 fully saturated rings. The number of nitrogens with one attached hydrogen (secondary N) is 1. The van der Waals surface area contributed by atoms with E-state index in [2.05, 4.69) is 57.6 Å². The average Bonchev–Trinajstić information content (AvgIpc) is 2.86. The molecule has 1 atom stereocenters. The number of fused-ring (bicyclic) bond motifs is 1. The Morgan fingerprint density at radius 3 is 2.38 bits per heavy atom. The van der Waals surface area contributed by atoms with E-state index in [1.54, 1.807) is 0 Å². The minimum Gasteiger partial charge on any atom is -0.356 e. The van der Waals surface area contributed by atoms with Crippen LogP contribution in [0.3, 0.4) is 0 Å². The fourth-order valence-corrected chi connectivity index (χ4v) is 5.45. The minimum absolute atomic E-state index is 0.232. The summed E-state index contributed by atoms with van der Waals surface area (Å²) in [5.74, 6) is 0.232. The molecule has 0 spiro atoms. The van der Waals surface area contributed by atoms with Crippen LogP contribution in [0.1, 0.15) is 95.5 Å². The highest BCUT2D eigenvalue weighted by molar-refractivity contribution is 5.75. The van der Waals surface area contributed by atoms with Crippen molar-refractivity contribution >= 4 is 5.91 Å². The molecule has 0 unspecified atom stereocenters. The maximum atomic E-state index is 12.2. The first kappa shape index (κ1) is 26.9. The lowest BCUT2D eigenvalue weighted by molar-refractivity contribution is -0.121. The van der Waals surface area contributed by atoms with Gasteiger partial charge in [0, 0.05) is 32.1 Å². The molecule has 0 aromatic heterocycles. The molecule has 2 heterocycles. The maximum absolute atomic E-state index is 12.2. The molecule has 1 aromatic rings. The van der Waals surface area contributed by atoms with Gasteiger partial charge in [0.15, 0.2) is 0 Å². The SMILES string of the molecule is O=C1CCCCCCC/C=C\C[C@H]2CCCCN2CCCCN(Cc2ccccc2)CCCN1. The zero-order valence-electron chi connectivity index (χ0n) is 21.6. The number of nitrogens with zero attached hydrogens (tertiary/aromatic N) is 2. The van der Waals surface area contributed by atoms with E-state index in [1.165, 1.54) is 89.3 Å². The average molecular weight is 468 g/mol. The van der Waals surface area contributed by atoms with Gasteiger partial charge in [-0.3, -0.25) is 9.69 Å². The summed E-state index contributed by atoms with van der Waals surface area (Å²) in [4.78, 5) is 17.5. The highest BCUT2D eigenvalue weighted by Crippen LogP contribution is 2.21. The lowest BCUT2D eigenvalue weighted by Crippen LogP contribution is -2.40. The van der Waals surface area contributed by atoms with Crippen LogP contribution in [0.2, 0.25) is 0 Å². The number of carbonyl (C=O) groups excluding carboxylic acids is 1. The number of hydrogen-bond donors (Lipinski definition) is 1. The van der Waals surface area contributed by atoms with E-state index in [1.807, 2.05) is 0 Å². The predicted octanol–water partition coefficient (Wildman–Crippen LogP) is 6.32. The number of rotatable bonds is 2. The topological polar surface area (TPSA) is 35.6 Å². The van der Waals surface area contributed by atoms with Crippen LogP contribution in [0.5, 0.6) is 0 Å². The van der Waals surface area contributed by atoms with Crippen LogP contribution in [-0.4, -0.2) is 54.5 Å². The molecular weight excluding hydrogens is 418 g/mol. The number of amides is 1. The molecule has 1 N–H and O–H groups in total. The summed E-state index contributed by atoms with van der Waals surface area (Å²) in [5, 5.41) is 3.15. The van der Waals surface area contributed by atoms with Crippen molar-refractivity contribution in [3.63, 3.8) is 0 Å². The molecule has 1 saturated heterocycles. The van der Waals surface area contributed by atoms with Gasteiger partial charge in [0.05, 0.1) is 0 Å². The number of piperidine rings is 1. The first-order valence-corrected chi connectivity index (χ1v) is 14.2. The summed E-state index contributed by atoms with van der Waals surface area (Å²) < 4.78 is 0. The van der Waals surface area contributed by atoms with Crippen molar-refractivity contribution in [3.05, 3.63) is 48.0 Å². The van der Waals surface area contributed by atoms with Crippen LogP contribution >= 0.6 is 0 Å². The Hall–Kier alpha value is -1.65. The molecule has 0 bridgehead atoms. The van der Waals surface area contributed by atoms with E-state index in [4.69, 9.17) is 0 Å². The van der Waals surface area contributed by atoms with Crippen molar-refractivity contribution in [3.8, 4) is 0 Å². The Kier molecular flexibility index (Phi) is 13.4. The largest absolute Gasteiger partial charge is 0.356 e. The standard InChI is InChI=1S/C30H49N3O/c34-30-21-11-6-4-2-1-3-5-10-19-29-20-12-13-25-33(29)26-15-14-23-32(24-16-22-31-30)27-28-17-8-7-9-18-28/h5,7-10,17-18,29H,1-4,6,11-16,19-27H2,(H,31,34)/b10-5-/t29-/m0/s1. The number of benzene rings is 1. The maximum Gasteiger partial charge on any atom is 0.219 e. The van der Waals surface area contributed by atoms with Gasteiger partial charge in [-0.15, -0.1) is 0 Å². The second kappa shape index (κ2) is 16.9. The van der Waals surface area contributed by atoms with Crippen LogP contribution in [0, 0.1) is 0 Å². The van der Waals surface area contributed by atoms with Crippen LogP contribution in [0.15, 0.2) is 42.5 Å². The smallest absolute Gasteiger partial charge is 0.219 e. The second-order valence-electron chi connectivity index (χ2n) is 10.4. The van der Waals surface area contributed by atoms with E-state index in [9.17, 15) is 4.79 Å². The molecule has 2 aliphatic heterocycles. The Labute approximate surface area is 209 Å². The van der Waals surface area contributed by atoms with Crippen molar-refractivity contribution in [2.75, 3.05) is 32.7 Å². The lowest BCUT2D eigenvalue weighted by Gasteiger charge is -2.35. The van der Waals surface area contributed by atoms with Gasteiger partial charge in [0.1, 0.15) is 0 Å². The zero-order valence-corrected chi connectivity index (χ0v) is 21.6. The first-order valence-electron chi connectivity index (χ1n) is 14.2. The van der Waals surface area contributed by atoms with Crippen molar-refractivity contribution in [2.24, 2.45) is 0 Å². The van der Waals surface area contributed by atoms with E-state index in [0.29, 0.717) is 6.42 Å². The molecule has 0 radical (unpaired) electrons. The molecule has 1 aromatic carbocycles. The minimum atomic E-state index is 0.232. The summed E-state index contributed by atoms with van der Waals surface area (Å²) in [6.45, 7) is 6.52. The fourth-order valence-electron chi connectivity index (χ4n) is 5.45. The molecule has 2 aliphatic rings. The van der Waals surface area contributed by atoms with Crippen LogP contribution < -0.4 is 5.32 Å². The summed E-state index contributed by atoms with van der Waals surface area (Å²) in [7, 11) is 0. The summed E-state index contributed by atoms with van der Waals surface area (Å²) in [6, 6.07) is 11.6. The monoisotopic (exact) mass is 467 g/mol. The van der Waals surface area contributed by atoms with Gasteiger partial charge >= 0.3 is 0 Å². The Morgan fingerprint density at radius 2 is 1.50 bits per heavy atom. The van der Waals surface area contributed by atoms with Gasteiger partial charge in [-0.25, -0.2) is 0 Å². The van der Waals surface area contributed by atoms with Crippen LogP contribution in [0.4, 0.5) is 0 Å². The van der Waals surface area contributed by atoms with E-state index < -0.39 is 0 Å². The van der Waals surface area contributed by atoms with Gasteiger partial charge in [-0.05, 0) is 83.0 Å². The first-order chi connectivity index (χ1) is 16.8. The van der Waals surface area contributed by atoms with Crippen molar-refractivity contribution in [1.29, 1.82) is 0 Å². The van der Waals surface area contributed by atoms with Crippen LogP contribution in [0.25, 0.3) is 0 Å². The van der Waals surface area contributed by atoms with Gasteiger partial charge in [0.25, 0.3) is 0 Å². The molecular formula is C30H49N3O. The fraction of sp³-hybridized carbons (Fsp3) is 0.700. The predicted molar refractivity (Wildman–Crippen MR) is 144 cm³/mol. The highest BCUT2D eigenvalue weighted by Gasteiger charge is 2.20. The van der Waals surface area contributed by atoms with E-state index in [-0.39, 0.29) is 5.91 Å². The summed E-state index contributed by atoms with van der Waals surface area (Å²) >= 11 is 0. The van der Waals surface area contributed by atoms with Crippen molar-refractivity contribution in [1.82, 2.24) is 15.1 Å².